The van der Waals surface area contributed by atoms with Crippen molar-refractivity contribution in [1.29, 1.82) is 0 Å². The second-order valence-corrected chi connectivity index (χ2v) is 7.71. The van der Waals surface area contributed by atoms with Crippen LogP contribution in [0.1, 0.15) is 40.3 Å². The Hall–Kier alpha value is -2.57. The number of nitrogens with one attached hydrogen (secondary N) is 2. The van der Waals surface area contributed by atoms with Gasteiger partial charge in [-0.15, -0.1) is 0 Å². The molecule has 0 aliphatic carbocycles. The van der Waals surface area contributed by atoms with Gasteiger partial charge in [0.25, 0.3) is 5.91 Å². The summed E-state index contributed by atoms with van der Waals surface area (Å²) >= 11 is 0. The Balaban J connectivity index is 1.34. The fourth-order valence-electron chi connectivity index (χ4n) is 4.56. The van der Waals surface area contributed by atoms with E-state index in [0.717, 1.165) is 50.5 Å². The van der Waals surface area contributed by atoms with Gasteiger partial charge in [-0.25, -0.2) is 0 Å². The number of fused-ring (bicyclic) bond motifs is 4. The van der Waals surface area contributed by atoms with Gasteiger partial charge in [0.2, 0.25) is 0 Å². The normalized spacial score (nSPS) is 19.4. The maximum atomic E-state index is 12.9. The molecule has 5 rings (SSSR count). The number of amides is 1. The molecule has 0 spiro atoms. The van der Waals surface area contributed by atoms with Gasteiger partial charge in [0.05, 0.1) is 24.8 Å². The highest BCUT2D eigenvalue weighted by molar-refractivity contribution is 5.96. The van der Waals surface area contributed by atoms with Crippen molar-refractivity contribution in [3.05, 3.63) is 59.0 Å². The molecule has 6 nitrogen and oxygen atoms in total. The lowest BCUT2D eigenvalue weighted by Crippen LogP contribution is -2.41. The molecule has 0 radical (unpaired) electrons. The van der Waals surface area contributed by atoms with Crippen LogP contribution in [0.4, 0.5) is 0 Å². The molecule has 28 heavy (non-hydrogen) atoms. The molecular weight excluding hydrogens is 352 g/mol. The van der Waals surface area contributed by atoms with Gasteiger partial charge < -0.3 is 19.6 Å². The fourth-order valence-corrected chi connectivity index (χ4v) is 4.56. The average molecular weight is 378 g/mol. The zero-order valence-corrected chi connectivity index (χ0v) is 16.2. The number of ether oxygens (including phenoxy) is 1. The number of carbonyl (C=O) groups is 1. The Labute approximate surface area is 164 Å². The van der Waals surface area contributed by atoms with Crippen LogP contribution in [0.5, 0.6) is 0 Å². The summed E-state index contributed by atoms with van der Waals surface area (Å²) in [5.74, 6) is 0.0255. The maximum Gasteiger partial charge on any atom is 0.253 e. The first-order chi connectivity index (χ1) is 13.7. The van der Waals surface area contributed by atoms with Gasteiger partial charge >= 0.3 is 0 Å². The molecule has 0 unspecified atom stereocenters. The molecule has 4 heterocycles. The van der Waals surface area contributed by atoms with E-state index in [0.29, 0.717) is 6.54 Å². The van der Waals surface area contributed by atoms with E-state index in [2.05, 4.69) is 51.0 Å². The summed E-state index contributed by atoms with van der Waals surface area (Å²) in [5.41, 5.74) is 5.64. The molecule has 2 aromatic heterocycles. The summed E-state index contributed by atoms with van der Waals surface area (Å²) in [6.07, 6.45) is 2.83. The summed E-state index contributed by atoms with van der Waals surface area (Å²) in [7, 11) is 0. The molecular formula is C22H26N4O2. The van der Waals surface area contributed by atoms with E-state index in [4.69, 9.17) is 4.74 Å². The predicted octanol–water partition coefficient (Wildman–Crippen LogP) is 2.54. The lowest BCUT2D eigenvalue weighted by Gasteiger charge is -2.26. The van der Waals surface area contributed by atoms with Crippen LogP contribution in [-0.4, -0.2) is 59.8 Å². The third-order valence-corrected chi connectivity index (χ3v) is 6.11. The lowest BCUT2D eigenvalue weighted by molar-refractivity contribution is 0.0383. The molecule has 2 aliphatic rings. The van der Waals surface area contributed by atoms with E-state index in [-0.39, 0.29) is 11.9 Å². The quantitative estimate of drug-likeness (QED) is 0.733. The molecule has 1 fully saturated rings. The van der Waals surface area contributed by atoms with E-state index in [9.17, 15) is 4.79 Å². The number of morpholine rings is 1. The lowest BCUT2D eigenvalue weighted by atomic mass is 9.96. The van der Waals surface area contributed by atoms with Gasteiger partial charge in [0.15, 0.2) is 0 Å². The summed E-state index contributed by atoms with van der Waals surface area (Å²) in [6, 6.07) is 10.6. The van der Waals surface area contributed by atoms with E-state index >= 15 is 0 Å². The highest BCUT2D eigenvalue weighted by atomic mass is 16.5. The van der Waals surface area contributed by atoms with Gasteiger partial charge in [-0.05, 0) is 24.6 Å². The number of benzene rings is 1. The van der Waals surface area contributed by atoms with Gasteiger partial charge in [-0.3, -0.25) is 9.69 Å². The zero-order valence-electron chi connectivity index (χ0n) is 16.2. The van der Waals surface area contributed by atoms with Crippen molar-refractivity contribution in [1.82, 2.24) is 19.8 Å². The number of H-pyrrole nitrogens is 1. The minimum absolute atomic E-state index is 0.0255. The van der Waals surface area contributed by atoms with Crippen molar-refractivity contribution < 1.29 is 9.53 Å². The molecule has 0 saturated carbocycles. The Morgan fingerprint density at radius 1 is 1.25 bits per heavy atom. The van der Waals surface area contributed by atoms with Crippen LogP contribution in [0.3, 0.4) is 0 Å². The van der Waals surface area contributed by atoms with E-state index in [1.165, 1.54) is 22.2 Å². The number of aromatic nitrogens is 2. The standard InChI is InChI=1S/C22H26N4O2/c1-15-21-18(16-4-2-3-5-19(16)24-21)14-20-17(6-8-26(15)20)22(27)23-7-9-25-10-12-28-13-11-25/h2-6,8,15,24H,7,9-14H2,1H3,(H,23,27)/t15-/m0/s1. The molecule has 1 saturated heterocycles. The van der Waals surface area contributed by atoms with Crippen molar-refractivity contribution in [3.8, 4) is 0 Å². The van der Waals surface area contributed by atoms with Crippen LogP contribution >= 0.6 is 0 Å². The highest BCUT2D eigenvalue weighted by Crippen LogP contribution is 2.36. The number of hydrogen-bond acceptors (Lipinski definition) is 3. The third kappa shape index (κ3) is 2.93. The SMILES string of the molecule is C[C@H]1c2[nH]c3ccccc3c2Cc2c(C(=O)NCCN3CCOCC3)ccn21. The summed E-state index contributed by atoms with van der Waals surface area (Å²) in [5, 5.41) is 4.37. The monoisotopic (exact) mass is 378 g/mol. The summed E-state index contributed by atoms with van der Waals surface area (Å²) in [6.45, 7) is 7.18. The number of rotatable bonds is 4. The van der Waals surface area contributed by atoms with Crippen molar-refractivity contribution >= 4 is 16.8 Å². The molecule has 1 atom stereocenters. The van der Waals surface area contributed by atoms with Crippen molar-refractivity contribution in [2.24, 2.45) is 0 Å². The topological polar surface area (TPSA) is 62.3 Å². The number of para-hydroxylation sites is 1. The first-order valence-electron chi connectivity index (χ1n) is 10.1. The van der Waals surface area contributed by atoms with E-state index in [1.807, 2.05) is 12.3 Å². The second-order valence-electron chi connectivity index (χ2n) is 7.71. The van der Waals surface area contributed by atoms with Crippen LogP contribution in [0.2, 0.25) is 0 Å². The van der Waals surface area contributed by atoms with Gasteiger partial charge in [0.1, 0.15) is 0 Å². The number of nitrogens with zero attached hydrogens (tertiary/aromatic N) is 2. The van der Waals surface area contributed by atoms with Crippen LogP contribution in [-0.2, 0) is 11.2 Å². The van der Waals surface area contributed by atoms with E-state index < -0.39 is 0 Å². The molecule has 146 valence electrons. The fraction of sp³-hybridized carbons (Fsp3) is 0.409. The van der Waals surface area contributed by atoms with Crippen molar-refractivity contribution in [3.63, 3.8) is 0 Å². The minimum Gasteiger partial charge on any atom is -0.379 e. The third-order valence-electron chi connectivity index (χ3n) is 6.11. The van der Waals surface area contributed by atoms with Crippen LogP contribution in [0, 0.1) is 0 Å². The summed E-state index contributed by atoms with van der Waals surface area (Å²) < 4.78 is 7.61. The van der Waals surface area contributed by atoms with Gasteiger partial charge in [-0.2, -0.15) is 0 Å². The van der Waals surface area contributed by atoms with Crippen molar-refractivity contribution in [2.75, 3.05) is 39.4 Å². The zero-order chi connectivity index (χ0) is 19.1. The smallest absolute Gasteiger partial charge is 0.253 e. The average Bonchev–Trinajstić information content (AvgIpc) is 3.31. The van der Waals surface area contributed by atoms with Crippen LogP contribution in [0.15, 0.2) is 36.5 Å². The first kappa shape index (κ1) is 17.5. The Morgan fingerprint density at radius 2 is 2.07 bits per heavy atom. The largest absolute Gasteiger partial charge is 0.379 e. The Morgan fingerprint density at radius 3 is 2.93 bits per heavy atom. The maximum absolute atomic E-state index is 12.9. The molecule has 1 aromatic carbocycles. The number of carbonyl (C=O) groups excluding carboxylic acids is 1. The van der Waals surface area contributed by atoms with Gasteiger partial charge in [-0.1, -0.05) is 18.2 Å². The summed E-state index contributed by atoms with van der Waals surface area (Å²) in [4.78, 5) is 18.8. The Kier molecular flexibility index (Phi) is 4.45. The molecule has 1 amide bonds. The van der Waals surface area contributed by atoms with Crippen molar-refractivity contribution in [2.45, 2.75) is 19.4 Å². The molecule has 2 aliphatic heterocycles. The van der Waals surface area contributed by atoms with E-state index in [1.54, 1.807) is 0 Å². The molecule has 6 heteroatoms. The van der Waals surface area contributed by atoms with Crippen LogP contribution < -0.4 is 5.32 Å². The number of hydrogen-bond donors (Lipinski definition) is 2. The molecule has 0 bridgehead atoms. The second kappa shape index (κ2) is 7.11. The molecule has 3 aromatic rings. The van der Waals surface area contributed by atoms with Crippen LogP contribution in [0.25, 0.3) is 10.9 Å². The Bertz CT molecular complexity index is 1010. The predicted molar refractivity (Wildman–Crippen MR) is 109 cm³/mol. The first-order valence-corrected chi connectivity index (χ1v) is 10.1. The number of aromatic amines is 1. The molecule has 2 N–H and O–H groups in total. The van der Waals surface area contributed by atoms with Gasteiger partial charge in [0, 0.05) is 61.1 Å². The minimum atomic E-state index is 0.0255. The highest BCUT2D eigenvalue weighted by Gasteiger charge is 2.28.